The van der Waals surface area contributed by atoms with Crippen LogP contribution in [-0.2, 0) is 0 Å². The van der Waals surface area contributed by atoms with Crippen LogP contribution < -0.4 is 25.8 Å². The summed E-state index contributed by atoms with van der Waals surface area (Å²) in [5, 5.41) is 15.7. The second kappa shape index (κ2) is 7.61. The summed E-state index contributed by atoms with van der Waals surface area (Å²) in [7, 11) is 3.08. The summed E-state index contributed by atoms with van der Waals surface area (Å²) >= 11 is 0. The predicted molar refractivity (Wildman–Crippen MR) is 96.5 cm³/mol. The summed E-state index contributed by atoms with van der Waals surface area (Å²) in [5.41, 5.74) is 6.72. The summed E-state index contributed by atoms with van der Waals surface area (Å²) in [4.78, 5) is 20.3. The molecule has 1 unspecified atom stereocenters. The maximum Gasteiger partial charge on any atom is 0.405 e. The first-order valence-electron chi connectivity index (χ1n) is 8.42. The van der Waals surface area contributed by atoms with Crippen LogP contribution in [0.5, 0.6) is 11.5 Å². The molecule has 1 fully saturated rings. The monoisotopic (exact) mass is 361 g/mol. The molecule has 9 nitrogen and oxygen atoms in total. The van der Waals surface area contributed by atoms with Gasteiger partial charge in [0.1, 0.15) is 5.82 Å². The third-order valence-electron chi connectivity index (χ3n) is 4.66. The van der Waals surface area contributed by atoms with Crippen molar-refractivity contribution in [1.29, 1.82) is 0 Å². The maximum absolute atomic E-state index is 11.3. The minimum atomic E-state index is -1.11. The molecule has 1 saturated heterocycles. The number of hydrogen-bond donors (Lipinski definition) is 4. The molecule has 26 heavy (non-hydrogen) atoms. The number of methoxy groups -OCH3 is 2. The minimum absolute atomic E-state index is 0.101. The number of anilines is 1. The van der Waals surface area contributed by atoms with E-state index in [1.54, 1.807) is 26.4 Å². The summed E-state index contributed by atoms with van der Waals surface area (Å²) in [6.07, 6.45) is 0.555. The maximum atomic E-state index is 11.3. The van der Waals surface area contributed by atoms with Crippen molar-refractivity contribution in [3.05, 3.63) is 18.0 Å². The number of nitrogens with one attached hydrogen (secondary N) is 2. The molecule has 1 aliphatic rings. The van der Waals surface area contributed by atoms with Gasteiger partial charge in [0.2, 0.25) is 0 Å². The fourth-order valence-electron chi connectivity index (χ4n) is 3.34. The van der Waals surface area contributed by atoms with E-state index >= 15 is 0 Å². The number of fused-ring (bicyclic) bond motifs is 1. The van der Waals surface area contributed by atoms with E-state index in [-0.39, 0.29) is 11.7 Å². The number of nitrogen functional groups attached to an aromatic ring is 1. The highest BCUT2D eigenvalue weighted by Crippen LogP contribution is 2.35. The Hall–Kier alpha value is -2.81. The van der Waals surface area contributed by atoms with Gasteiger partial charge >= 0.3 is 6.09 Å². The lowest BCUT2D eigenvalue weighted by atomic mass is 9.89. The molecule has 1 atom stereocenters. The van der Waals surface area contributed by atoms with Gasteiger partial charge < -0.3 is 30.9 Å². The first-order chi connectivity index (χ1) is 12.5. The molecule has 1 aliphatic heterocycles. The van der Waals surface area contributed by atoms with Crippen LogP contribution in [0.2, 0.25) is 0 Å². The van der Waals surface area contributed by atoms with Crippen LogP contribution in [0.15, 0.2) is 12.1 Å². The Morgan fingerprint density at radius 3 is 2.54 bits per heavy atom. The predicted octanol–water partition coefficient (Wildman–Crippen LogP) is 1.54. The van der Waals surface area contributed by atoms with E-state index in [1.165, 1.54) is 0 Å². The molecule has 0 radical (unpaired) electrons. The Kier molecular flexibility index (Phi) is 5.27. The zero-order valence-corrected chi connectivity index (χ0v) is 14.8. The zero-order valence-electron chi connectivity index (χ0n) is 14.8. The van der Waals surface area contributed by atoms with E-state index in [0.717, 1.165) is 25.9 Å². The lowest BCUT2D eigenvalue weighted by Gasteiger charge is -2.29. The Bertz CT molecular complexity index is 807. The fourth-order valence-corrected chi connectivity index (χ4v) is 3.34. The standard InChI is InChI=1S/C17H23N5O4/c1-25-12-7-10-11(8-13(12)26-2)20-16(22-15(10)18)14(21-17(23)24)9-3-5-19-6-4-9/h7-9,14,19,21H,3-6H2,1-2H3,(H,23,24)(H2,18,20,22). The van der Waals surface area contributed by atoms with Crippen LogP contribution in [0.1, 0.15) is 24.7 Å². The van der Waals surface area contributed by atoms with E-state index < -0.39 is 12.1 Å². The topological polar surface area (TPSA) is 132 Å². The number of carboxylic acid groups (broad SMARTS) is 1. The molecule has 2 aromatic rings. The number of piperidine rings is 1. The van der Waals surface area contributed by atoms with Gasteiger partial charge in [-0.05, 0) is 37.9 Å². The Morgan fingerprint density at radius 2 is 1.92 bits per heavy atom. The van der Waals surface area contributed by atoms with Crippen LogP contribution in [0.3, 0.4) is 0 Å². The van der Waals surface area contributed by atoms with Crippen LogP contribution in [0.4, 0.5) is 10.6 Å². The van der Waals surface area contributed by atoms with Crippen molar-refractivity contribution >= 4 is 22.8 Å². The number of benzene rings is 1. The van der Waals surface area contributed by atoms with Crippen molar-refractivity contribution < 1.29 is 19.4 Å². The number of nitrogens with zero attached hydrogens (tertiary/aromatic N) is 2. The van der Waals surface area contributed by atoms with E-state index in [4.69, 9.17) is 15.2 Å². The molecule has 0 saturated carbocycles. The van der Waals surface area contributed by atoms with Gasteiger partial charge in [0.05, 0.1) is 25.8 Å². The average molecular weight is 361 g/mol. The number of ether oxygens (including phenoxy) is 2. The van der Waals surface area contributed by atoms with E-state index in [0.29, 0.717) is 28.2 Å². The normalized spacial score (nSPS) is 16.2. The number of hydrogen-bond acceptors (Lipinski definition) is 7. The Labute approximate surface area is 150 Å². The van der Waals surface area contributed by atoms with Gasteiger partial charge in [0.25, 0.3) is 0 Å². The third-order valence-corrected chi connectivity index (χ3v) is 4.66. The van der Waals surface area contributed by atoms with Crippen LogP contribution >= 0.6 is 0 Å². The van der Waals surface area contributed by atoms with Gasteiger partial charge in [-0.3, -0.25) is 0 Å². The summed E-state index contributed by atoms with van der Waals surface area (Å²) in [5.74, 6) is 1.80. The van der Waals surface area contributed by atoms with Crippen molar-refractivity contribution in [2.75, 3.05) is 33.0 Å². The molecule has 1 aromatic carbocycles. The second-order valence-electron chi connectivity index (χ2n) is 6.21. The lowest BCUT2D eigenvalue weighted by molar-refractivity contribution is 0.178. The highest BCUT2D eigenvalue weighted by molar-refractivity contribution is 5.90. The van der Waals surface area contributed by atoms with Gasteiger partial charge in [0, 0.05) is 11.5 Å². The third kappa shape index (κ3) is 3.57. The molecule has 9 heteroatoms. The smallest absolute Gasteiger partial charge is 0.405 e. The van der Waals surface area contributed by atoms with Gasteiger partial charge in [0.15, 0.2) is 17.3 Å². The van der Waals surface area contributed by atoms with Gasteiger partial charge in [-0.2, -0.15) is 0 Å². The highest BCUT2D eigenvalue weighted by Gasteiger charge is 2.29. The molecule has 140 valence electrons. The highest BCUT2D eigenvalue weighted by atomic mass is 16.5. The Morgan fingerprint density at radius 1 is 1.27 bits per heavy atom. The quantitative estimate of drug-likeness (QED) is 0.630. The number of aromatic nitrogens is 2. The molecule has 1 aromatic heterocycles. The van der Waals surface area contributed by atoms with E-state index in [9.17, 15) is 9.90 Å². The number of amides is 1. The largest absolute Gasteiger partial charge is 0.493 e. The first-order valence-corrected chi connectivity index (χ1v) is 8.42. The zero-order chi connectivity index (χ0) is 18.7. The van der Waals surface area contributed by atoms with Crippen LogP contribution in [-0.4, -0.2) is 48.5 Å². The van der Waals surface area contributed by atoms with Crippen molar-refractivity contribution in [1.82, 2.24) is 20.6 Å². The van der Waals surface area contributed by atoms with Crippen molar-refractivity contribution in [3.63, 3.8) is 0 Å². The molecular formula is C17H23N5O4. The molecule has 3 rings (SSSR count). The summed E-state index contributed by atoms with van der Waals surface area (Å²) in [6, 6.07) is 2.92. The molecule has 0 spiro atoms. The van der Waals surface area contributed by atoms with Crippen molar-refractivity contribution in [2.24, 2.45) is 5.92 Å². The Balaban J connectivity index is 2.07. The SMILES string of the molecule is COc1cc2nc(C(NC(=O)O)C3CCNCC3)nc(N)c2cc1OC. The summed E-state index contributed by atoms with van der Waals surface area (Å²) in [6.45, 7) is 1.66. The molecule has 5 N–H and O–H groups in total. The minimum Gasteiger partial charge on any atom is -0.493 e. The molecule has 1 amide bonds. The van der Waals surface area contributed by atoms with Gasteiger partial charge in [-0.1, -0.05) is 0 Å². The van der Waals surface area contributed by atoms with Gasteiger partial charge in [-0.15, -0.1) is 0 Å². The van der Waals surface area contributed by atoms with Gasteiger partial charge in [-0.25, -0.2) is 14.8 Å². The molecule has 0 aliphatic carbocycles. The number of nitrogens with two attached hydrogens (primary N) is 1. The number of carbonyl (C=O) groups is 1. The van der Waals surface area contributed by atoms with E-state index in [2.05, 4.69) is 20.6 Å². The van der Waals surface area contributed by atoms with Crippen molar-refractivity contribution in [2.45, 2.75) is 18.9 Å². The molecular weight excluding hydrogens is 338 g/mol. The summed E-state index contributed by atoms with van der Waals surface area (Å²) < 4.78 is 10.6. The van der Waals surface area contributed by atoms with Crippen LogP contribution in [0, 0.1) is 5.92 Å². The first kappa shape index (κ1) is 18.0. The van der Waals surface area contributed by atoms with Crippen molar-refractivity contribution in [3.8, 4) is 11.5 Å². The second-order valence-corrected chi connectivity index (χ2v) is 6.21. The molecule has 0 bridgehead atoms. The molecule has 2 heterocycles. The number of rotatable bonds is 5. The van der Waals surface area contributed by atoms with Crippen LogP contribution in [0.25, 0.3) is 10.9 Å². The van der Waals surface area contributed by atoms with E-state index in [1.807, 2.05) is 0 Å². The lowest BCUT2D eigenvalue weighted by Crippen LogP contribution is -2.39. The average Bonchev–Trinajstić information content (AvgIpc) is 2.65. The fraction of sp³-hybridized carbons (Fsp3) is 0.471.